The van der Waals surface area contributed by atoms with Crippen LogP contribution in [0.1, 0.15) is 239 Å². The molecule has 64 heavy (non-hydrogen) atoms. The first kappa shape index (κ1) is 60.6. The number of hydrogen-bond donors (Lipinski definition) is 6. The second-order valence-corrected chi connectivity index (χ2v) is 19.8. The van der Waals surface area contributed by atoms with Gasteiger partial charge in [-0.25, -0.2) is 4.57 Å². The number of ether oxygens (including phenoxy) is 2. The third-order valence-corrected chi connectivity index (χ3v) is 13.3. The van der Waals surface area contributed by atoms with E-state index < -0.39 is 75.7 Å². The van der Waals surface area contributed by atoms with Crippen molar-refractivity contribution in [2.45, 2.75) is 281 Å². The highest BCUT2D eigenvalue weighted by molar-refractivity contribution is 7.47. The Morgan fingerprint density at radius 3 is 1.20 bits per heavy atom. The highest BCUT2D eigenvalue weighted by Gasteiger charge is 2.51. The molecule has 1 aliphatic carbocycles. The summed E-state index contributed by atoms with van der Waals surface area (Å²) < 4.78 is 33.6. The first-order valence-electron chi connectivity index (χ1n) is 26.0. The maximum Gasteiger partial charge on any atom is 0.472 e. The van der Waals surface area contributed by atoms with E-state index in [0.29, 0.717) is 12.8 Å². The van der Waals surface area contributed by atoms with Gasteiger partial charge in [-0.2, -0.15) is 0 Å². The SMILES string of the molecule is CCCCCC/C=C/CCCCCCCC(=O)O[C@@H](COC(=O)CCCCCCCCCCCCCCCCCCCCCCCC)COP(=O)(O)OC1C(O)C(O)C(O)[C@H](O)C1O. The first-order chi connectivity index (χ1) is 30.9. The Hall–Kier alpha value is -1.41. The monoisotopic (exact) mass is 935 g/mol. The molecule has 0 saturated heterocycles. The Bertz CT molecular complexity index is 1170. The molecule has 6 N–H and O–H groups in total. The maximum absolute atomic E-state index is 12.8. The van der Waals surface area contributed by atoms with Crippen LogP contribution in [-0.4, -0.2) is 98.3 Å². The van der Waals surface area contributed by atoms with Crippen LogP contribution < -0.4 is 0 Å². The zero-order valence-corrected chi connectivity index (χ0v) is 41.2. The molecule has 1 aliphatic rings. The fourth-order valence-electron chi connectivity index (χ4n) is 8.17. The van der Waals surface area contributed by atoms with Crippen molar-refractivity contribution in [2.75, 3.05) is 13.2 Å². The van der Waals surface area contributed by atoms with Crippen molar-refractivity contribution >= 4 is 19.8 Å². The van der Waals surface area contributed by atoms with Gasteiger partial charge in [0, 0.05) is 12.8 Å². The Balaban J connectivity index is 2.34. The van der Waals surface area contributed by atoms with E-state index in [2.05, 4.69) is 26.0 Å². The molecule has 0 aromatic rings. The van der Waals surface area contributed by atoms with Crippen LogP contribution >= 0.6 is 7.82 Å². The molecule has 8 atom stereocenters. The Morgan fingerprint density at radius 1 is 0.469 bits per heavy atom. The molecule has 378 valence electrons. The van der Waals surface area contributed by atoms with Crippen LogP contribution in [0, 0.1) is 0 Å². The van der Waals surface area contributed by atoms with Gasteiger partial charge < -0.3 is 39.9 Å². The molecule has 1 saturated carbocycles. The van der Waals surface area contributed by atoms with Crippen LogP contribution in [0.25, 0.3) is 0 Å². The van der Waals surface area contributed by atoms with Gasteiger partial charge in [-0.15, -0.1) is 0 Å². The van der Waals surface area contributed by atoms with E-state index >= 15 is 0 Å². The molecule has 0 spiro atoms. The lowest BCUT2D eigenvalue weighted by Gasteiger charge is -2.41. The van der Waals surface area contributed by atoms with Crippen LogP contribution in [0.3, 0.4) is 0 Å². The van der Waals surface area contributed by atoms with Gasteiger partial charge in [0.05, 0.1) is 6.61 Å². The number of allylic oxidation sites excluding steroid dienone is 2. The van der Waals surface area contributed by atoms with Gasteiger partial charge in [0.1, 0.15) is 43.2 Å². The van der Waals surface area contributed by atoms with Crippen molar-refractivity contribution in [3.05, 3.63) is 12.2 Å². The number of hydrogen-bond acceptors (Lipinski definition) is 12. The number of unbranched alkanes of at least 4 members (excludes halogenated alkanes) is 30. The van der Waals surface area contributed by atoms with Crippen molar-refractivity contribution in [3.8, 4) is 0 Å². The highest BCUT2D eigenvalue weighted by atomic mass is 31.2. The van der Waals surface area contributed by atoms with Gasteiger partial charge in [-0.1, -0.05) is 199 Å². The average molecular weight is 935 g/mol. The molecular weight excluding hydrogens is 840 g/mol. The number of phosphoric ester groups is 1. The summed E-state index contributed by atoms with van der Waals surface area (Å²) >= 11 is 0. The largest absolute Gasteiger partial charge is 0.472 e. The van der Waals surface area contributed by atoms with Gasteiger partial charge in [-0.05, 0) is 38.5 Å². The lowest BCUT2D eigenvalue weighted by atomic mass is 9.85. The molecule has 0 amide bonds. The van der Waals surface area contributed by atoms with Crippen molar-refractivity contribution in [2.24, 2.45) is 0 Å². The van der Waals surface area contributed by atoms with E-state index in [9.17, 15) is 44.6 Å². The number of rotatable bonds is 44. The standard InChI is InChI=1S/C50H95O13P/c1-3-5-7-9-11-13-15-17-18-19-20-21-22-23-24-25-27-28-30-32-34-36-38-43(51)60-40-42(41-61-64(58,59)63-50-48(56)46(54)45(53)47(55)49(50)57)62-44(52)39-37-35-33-31-29-26-16-14-12-10-8-6-4-2/h14,16,42,45-50,53-57H,3-13,15,17-41H2,1-2H3,(H,58,59)/b16-14+/t42-,45?,46-,47?,48?,49?,50?/m0/s1. The van der Waals surface area contributed by atoms with Gasteiger partial charge >= 0.3 is 19.8 Å². The zero-order chi connectivity index (χ0) is 47.1. The molecule has 0 aromatic carbocycles. The third-order valence-electron chi connectivity index (χ3n) is 12.4. The quantitative estimate of drug-likeness (QED) is 0.0146. The number of carbonyl (C=O) groups is 2. The molecule has 0 bridgehead atoms. The first-order valence-corrected chi connectivity index (χ1v) is 27.5. The Morgan fingerprint density at radius 2 is 0.797 bits per heavy atom. The molecule has 0 aromatic heterocycles. The second kappa shape index (κ2) is 40.6. The van der Waals surface area contributed by atoms with E-state index in [1.165, 1.54) is 141 Å². The second-order valence-electron chi connectivity index (χ2n) is 18.4. The summed E-state index contributed by atoms with van der Waals surface area (Å²) in [5.41, 5.74) is 0. The lowest BCUT2D eigenvalue weighted by molar-refractivity contribution is -0.220. The molecular formula is C50H95O13P. The van der Waals surface area contributed by atoms with E-state index in [0.717, 1.165) is 57.8 Å². The van der Waals surface area contributed by atoms with Crippen LogP contribution in [0.4, 0.5) is 0 Å². The summed E-state index contributed by atoms with van der Waals surface area (Å²) in [4.78, 5) is 35.8. The van der Waals surface area contributed by atoms with Gasteiger partial charge in [-0.3, -0.25) is 18.6 Å². The third kappa shape index (κ3) is 32.3. The van der Waals surface area contributed by atoms with Crippen molar-refractivity contribution in [1.29, 1.82) is 0 Å². The topological polar surface area (TPSA) is 210 Å². The summed E-state index contributed by atoms with van der Waals surface area (Å²) in [5, 5.41) is 50.2. The average Bonchev–Trinajstić information content (AvgIpc) is 3.28. The molecule has 0 heterocycles. The molecule has 1 rings (SSSR count). The minimum Gasteiger partial charge on any atom is -0.462 e. The Kier molecular flexibility index (Phi) is 38.5. The summed E-state index contributed by atoms with van der Waals surface area (Å²) in [6, 6.07) is 0. The van der Waals surface area contributed by atoms with Crippen molar-refractivity contribution in [1.82, 2.24) is 0 Å². The molecule has 6 unspecified atom stereocenters. The predicted molar refractivity (Wildman–Crippen MR) is 254 cm³/mol. The number of carbonyl (C=O) groups excluding carboxylic acids is 2. The highest BCUT2D eigenvalue weighted by Crippen LogP contribution is 2.47. The lowest BCUT2D eigenvalue weighted by Crippen LogP contribution is -2.64. The maximum atomic E-state index is 12.8. The van der Waals surface area contributed by atoms with Gasteiger partial charge in [0.2, 0.25) is 0 Å². The van der Waals surface area contributed by atoms with Gasteiger partial charge in [0.15, 0.2) is 6.10 Å². The molecule has 0 aliphatic heterocycles. The zero-order valence-electron chi connectivity index (χ0n) is 40.3. The molecule has 0 radical (unpaired) electrons. The van der Waals surface area contributed by atoms with E-state index in [4.69, 9.17) is 18.5 Å². The summed E-state index contributed by atoms with van der Waals surface area (Å²) in [6.07, 6.45) is 31.3. The number of esters is 2. The molecule has 13 nitrogen and oxygen atoms in total. The summed E-state index contributed by atoms with van der Waals surface area (Å²) in [6.45, 7) is 3.31. The minimum atomic E-state index is -5.12. The summed E-state index contributed by atoms with van der Waals surface area (Å²) in [5.74, 6) is -1.10. The summed E-state index contributed by atoms with van der Waals surface area (Å²) in [7, 11) is -5.12. The van der Waals surface area contributed by atoms with E-state index in [1.807, 2.05) is 0 Å². The van der Waals surface area contributed by atoms with E-state index in [-0.39, 0.29) is 12.8 Å². The molecule has 14 heteroatoms. The number of aliphatic hydroxyl groups excluding tert-OH is 5. The predicted octanol–water partition coefficient (Wildman–Crippen LogP) is 11.0. The van der Waals surface area contributed by atoms with Crippen LogP contribution in [-0.2, 0) is 32.7 Å². The van der Waals surface area contributed by atoms with Crippen LogP contribution in [0.15, 0.2) is 12.2 Å². The number of phosphoric acid groups is 1. The molecule has 1 fully saturated rings. The Labute approximate surface area is 388 Å². The van der Waals surface area contributed by atoms with E-state index in [1.54, 1.807) is 0 Å². The van der Waals surface area contributed by atoms with Crippen LogP contribution in [0.2, 0.25) is 0 Å². The fraction of sp³-hybridized carbons (Fsp3) is 0.920. The normalized spacial score (nSPS) is 21.6. The van der Waals surface area contributed by atoms with Crippen molar-refractivity contribution in [3.63, 3.8) is 0 Å². The van der Waals surface area contributed by atoms with Gasteiger partial charge in [0.25, 0.3) is 0 Å². The minimum absolute atomic E-state index is 0.0907. The smallest absolute Gasteiger partial charge is 0.462 e. The fourth-order valence-corrected chi connectivity index (χ4v) is 9.14. The number of aliphatic hydroxyl groups is 5. The van der Waals surface area contributed by atoms with Crippen molar-refractivity contribution < 1.29 is 63.1 Å². The van der Waals surface area contributed by atoms with Crippen LogP contribution in [0.5, 0.6) is 0 Å².